The van der Waals surface area contributed by atoms with Gasteiger partial charge in [-0.05, 0) is 24.8 Å². The Hall–Kier alpha value is -2.11. The van der Waals surface area contributed by atoms with Gasteiger partial charge in [0.1, 0.15) is 5.39 Å². The van der Waals surface area contributed by atoms with Crippen LogP contribution in [0.1, 0.15) is 17.7 Å². The van der Waals surface area contributed by atoms with Crippen LogP contribution in [-0.4, -0.2) is 15.2 Å². The maximum atomic E-state index is 11.7. The Morgan fingerprint density at radius 3 is 2.25 bits per heavy atom. The third-order valence-corrected chi connectivity index (χ3v) is 3.00. The molecule has 0 aliphatic heterocycles. The maximum Gasteiger partial charge on any atom is 0.276 e. The van der Waals surface area contributed by atoms with Crippen molar-refractivity contribution in [1.29, 1.82) is 0 Å². The summed E-state index contributed by atoms with van der Waals surface area (Å²) in [7, 11) is 0. The summed E-state index contributed by atoms with van der Waals surface area (Å²) in [5.41, 5.74) is 0.156. The molecule has 1 aliphatic carbocycles. The second-order valence-electron chi connectivity index (χ2n) is 3.92. The van der Waals surface area contributed by atoms with E-state index in [9.17, 15) is 14.4 Å². The summed E-state index contributed by atoms with van der Waals surface area (Å²) < 4.78 is 0. The van der Waals surface area contributed by atoms with Gasteiger partial charge in [0.2, 0.25) is 0 Å². The zero-order chi connectivity index (χ0) is 11.3. The van der Waals surface area contributed by atoms with E-state index in [1.54, 1.807) is 0 Å². The minimum Gasteiger partial charge on any atom is -0.325 e. The molecule has 0 radical (unpaired) electrons. The zero-order valence-corrected chi connectivity index (χ0v) is 8.35. The second kappa shape index (κ2) is 2.94. The van der Waals surface area contributed by atoms with Crippen LogP contribution in [0.2, 0.25) is 0 Å². The minimum absolute atomic E-state index is 0.0654. The van der Waals surface area contributed by atoms with Gasteiger partial charge in [-0.15, -0.1) is 0 Å². The van der Waals surface area contributed by atoms with Gasteiger partial charge in [-0.3, -0.25) is 24.6 Å². The number of H-pyrrole nitrogens is 3. The van der Waals surface area contributed by atoms with Crippen LogP contribution in [0.3, 0.4) is 0 Å². The average molecular weight is 219 g/mol. The molecule has 16 heavy (non-hydrogen) atoms. The average Bonchev–Trinajstić information content (AvgIpc) is 2.70. The van der Waals surface area contributed by atoms with Crippen LogP contribution in [0, 0.1) is 0 Å². The number of rotatable bonds is 0. The highest BCUT2D eigenvalue weighted by Gasteiger charge is 2.20. The van der Waals surface area contributed by atoms with E-state index in [1.807, 2.05) is 0 Å². The minimum atomic E-state index is -0.550. The van der Waals surface area contributed by atoms with Crippen LogP contribution in [0.15, 0.2) is 14.4 Å². The molecule has 3 rings (SSSR count). The first-order chi connectivity index (χ1) is 7.68. The van der Waals surface area contributed by atoms with Crippen molar-refractivity contribution in [3.63, 3.8) is 0 Å². The summed E-state index contributed by atoms with van der Waals surface area (Å²) in [5, 5.41) is 4.60. The maximum absolute atomic E-state index is 11.7. The monoisotopic (exact) mass is 219 g/mol. The Labute approximate surface area is 88.3 Å². The van der Waals surface area contributed by atoms with Gasteiger partial charge in [0, 0.05) is 5.69 Å². The molecule has 0 unspecified atom stereocenters. The van der Waals surface area contributed by atoms with Gasteiger partial charge in [0.05, 0.1) is 5.39 Å². The molecule has 2 aromatic rings. The number of nitrogens with one attached hydrogen (secondary N) is 3. The Kier molecular flexibility index (Phi) is 1.68. The largest absolute Gasteiger partial charge is 0.325 e. The van der Waals surface area contributed by atoms with Gasteiger partial charge >= 0.3 is 0 Å². The fourth-order valence-electron chi connectivity index (χ4n) is 2.33. The molecular formula is C10H9N3O3. The predicted molar refractivity (Wildman–Crippen MR) is 57.8 cm³/mol. The summed E-state index contributed by atoms with van der Waals surface area (Å²) in [5.74, 6) is 0. The van der Waals surface area contributed by atoms with E-state index in [2.05, 4.69) is 15.2 Å². The van der Waals surface area contributed by atoms with E-state index < -0.39 is 16.7 Å². The van der Waals surface area contributed by atoms with Crippen molar-refractivity contribution in [2.75, 3.05) is 0 Å². The lowest BCUT2D eigenvalue weighted by atomic mass is 10.1. The van der Waals surface area contributed by atoms with Crippen LogP contribution < -0.4 is 16.7 Å². The van der Waals surface area contributed by atoms with E-state index in [4.69, 9.17) is 0 Å². The Morgan fingerprint density at radius 1 is 0.812 bits per heavy atom. The van der Waals surface area contributed by atoms with Gasteiger partial charge in [0.25, 0.3) is 16.7 Å². The van der Waals surface area contributed by atoms with E-state index in [-0.39, 0.29) is 10.8 Å². The van der Waals surface area contributed by atoms with Crippen LogP contribution in [0.25, 0.3) is 10.8 Å². The Morgan fingerprint density at radius 2 is 1.50 bits per heavy atom. The van der Waals surface area contributed by atoms with E-state index in [1.165, 1.54) is 0 Å². The van der Waals surface area contributed by atoms with Crippen molar-refractivity contribution in [3.05, 3.63) is 42.3 Å². The number of aromatic nitrogens is 3. The highest BCUT2D eigenvalue weighted by atomic mass is 16.2. The summed E-state index contributed by atoms with van der Waals surface area (Å²) in [4.78, 5) is 37.5. The van der Waals surface area contributed by atoms with E-state index >= 15 is 0 Å². The van der Waals surface area contributed by atoms with E-state index in [0.29, 0.717) is 0 Å². The number of aromatic amines is 3. The molecule has 0 spiro atoms. The Bertz CT molecular complexity index is 750. The van der Waals surface area contributed by atoms with Crippen molar-refractivity contribution in [3.8, 4) is 0 Å². The van der Waals surface area contributed by atoms with Crippen molar-refractivity contribution in [2.45, 2.75) is 19.3 Å². The smallest absolute Gasteiger partial charge is 0.276 e. The highest BCUT2D eigenvalue weighted by Crippen LogP contribution is 2.22. The van der Waals surface area contributed by atoms with Crippen molar-refractivity contribution in [1.82, 2.24) is 15.2 Å². The van der Waals surface area contributed by atoms with Crippen LogP contribution in [0.4, 0.5) is 0 Å². The second-order valence-corrected chi connectivity index (χ2v) is 3.92. The lowest BCUT2D eigenvalue weighted by molar-refractivity contribution is 0.898. The SMILES string of the molecule is O=c1[nH][nH]c(=O)c2c(=O)[nH]c3c(c12)CCC3. The third kappa shape index (κ3) is 1.04. The molecule has 2 aromatic heterocycles. The summed E-state index contributed by atoms with van der Waals surface area (Å²) >= 11 is 0. The molecule has 0 amide bonds. The first-order valence-electron chi connectivity index (χ1n) is 5.07. The number of hydrogen-bond acceptors (Lipinski definition) is 3. The van der Waals surface area contributed by atoms with E-state index in [0.717, 1.165) is 30.5 Å². The normalized spacial score (nSPS) is 14.2. The van der Waals surface area contributed by atoms with Gasteiger partial charge in [0.15, 0.2) is 0 Å². The molecule has 6 nitrogen and oxygen atoms in total. The summed E-state index contributed by atoms with van der Waals surface area (Å²) in [6, 6.07) is 0. The Balaban J connectivity index is 2.71. The van der Waals surface area contributed by atoms with Gasteiger partial charge in [-0.1, -0.05) is 0 Å². The molecule has 0 fully saturated rings. The topological polar surface area (TPSA) is 98.6 Å². The standard InChI is InChI=1S/C10H9N3O3/c14-8-7-6(9(15)12-13-10(7)16)4-2-1-3-5(4)11-8/h1-3H2,(H,11,14)(H,12,15)(H,13,16). The lowest BCUT2D eigenvalue weighted by Gasteiger charge is -2.02. The lowest BCUT2D eigenvalue weighted by Crippen LogP contribution is -2.27. The molecule has 3 N–H and O–H groups in total. The molecule has 0 saturated carbocycles. The molecule has 0 saturated heterocycles. The summed E-state index contributed by atoms with van der Waals surface area (Å²) in [6.45, 7) is 0. The molecule has 82 valence electrons. The molecule has 0 atom stereocenters. The number of hydrogen-bond donors (Lipinski definition) is 3. The molecule has 0 aromatic carbocycles. The fraction of sp³-hybridized carbons (Fsp3) is 0.300. The van der Waals surface area contributed by atoms with Crippen LogP contribution in [-0.2, 0) is 12.8 Å². The predicted octanol–water partition coefficient (Wildman–Crippen LogP) is -0.607. The van der Waals surface area contributed by atoms with Gasteiger partial charge in [-0.2, -0.15) is 0 Å². The zero-order valence-electron chi connectivity index (χ0n) is 8.35. The first kappa shape index (κ1) is 9.14. The van der Waals surface area contributed by atoms with Crippen LogP contribution in [0.5, 0.6) is 0 Å². The number of pyridine rings is 1. The molecule has 2 heterocycles. The van der Waals surface area contributed by atoms with Crippen molar-refractivity contribution < 1.29 is 0 Å². The molecule has 6 heteroatoms. The molecule has 0 bridgehead atoms. The van der Waals surface area contributed by atoms with Crippen molar-refractivity contribution in [2.24, 2.45) is 0 Å². The molecule has 1 aliphatic rings. The quantitative estimate of drug-likeness (QED) is 0.551. The molecular weight excluding hydrogens is 210 g/mol. The van der Waals surface area contributed by atoms with Crippen molar-refractivity contribution >= 4 is 10.8 Å². The van der Waals surface area contributed by atoms with Gasteiger partial charge < -0.3 is 4.98 Å². The highest BCUT2D eigenvalue weighted by molar-refractivity contribution is 5.83. The third-order valence-electron chi connectivity index (χ3n) is 3.00. The fourth-order valence-corrected chi connectivity index (χ4v) is 2.33. The van der Waals surface area contributed by atoms with Crippen LogP contribution >= 0.6 is 0 Å². The summed E-state index contributed by atoms with van der Waals surface area (Å²) in [6.07, 6.45) is 2.39. The first-order valence-corrected chi connectivity index (χ1v) is 5.07. The number of fused-ring (bicyclic) bond motifs is 3. The van der Waals surface area contributed by atoms with Gasteiger partial charge in [-0.25, -0.2) is 0 Å². The number of aryl methyl sites for hydroxylation is 2.